The Morgan fingerprint density at radius 1 is 1.33 bits per heavy atom. The summed E-state index contributed by atoms with van der Waals surface area (Å²) >= 11 is 0. The van der Waals surface area contributed by atoms with Crippen molar-refractivity contribution in [2.24, 2.45) is 11.7 Å². The maximum absolute atomic E-state index is 6.61. The molecule has 0 bridgehead atoms. The zero-order valence-corrected chi connectivity index (χ0v) is 16.2. The summed E-state index contributed by atoms with van der Waals surface area (Å²) in [5.74, 6) is 0.227. The standard InChI is InChI=1S/C17H35NO2Si/c1-10-15(19-7)16(14(3)11-13(2)12-18)20-21(8,9)17(4,5)6/h10-11,14-16H,1,12,18H2,2-9H3/b13-11-/t14-,15+,16+/m1/s1. The predicted molar refractivity (Wildman–Crippen MR) is 95.0 cm³/mol. The topological polar surface area (TPSA) is 44.5 Å². The fourth-order valence-corrected chi connectivity index (χ4v) is 3.35. The summed E-state index contributed by atoms with van der Waals surface area (Å²) in [5.41, 5.74) is 6.88. The zero-order chi connectivity index (χ0) is 16.8. The van der Waals surface area contributed by atoms with Gasteiger partial charge in [-0.1, -0.05) is 45.4 Å². The van der Waals surface area contributed by atoms with E-state index in [4.69, 9.17) is 14.9 Å². The first kappa shape index (κ1) is 20.6. The van der Waals surface area contributed by atoms with Crippen LogP contribution in [0.1, 0.15) is 34.6 Å². The van der Waals surface area contributed by atoms with E-state index >= 15 is 0 Å². The molecule has 0 saturated carbocycles. The Labute approximate surface area is 132 Å². The molecule has 0 fully saturated rings. The molecule has 0 rings (SSSR count). The van der Waals surface area contributed by atoms with Crippen molar-refractivity contribution in [3.63, 3.8) is 0 Å². The van der Waals surface area contributed by atoms with Crippen molar-refractivity contribution >= 4 is 8.32 Å². The molecule has 21 heavy (non-hydrogen) atoms. The van der Waals surface area contributed by atoms with Gasteiger partial charge in [0.05, 0.1) is 6.10 Å². The highest BCUT2D eigenvalue weighted by Gasteiger charge is 2.41. The molecule has 0 aromatic rings. The van der Waals surface area contributed by atoms with Crippen LogP contribution in [0.5, 0.6) is 0 Å². The van der Waals surface area contributed by atoms with Crippen LogP contribution in [0, 0.1) is 5.92 Å². The Balaban J connectivity index is 5.39. The Bertz CT molecular complexity index is 358. The van der Waals surface area contributed by atoms with Crippen LogP contribution >= 0.6 is 0 Å². The van der Waals surface area contributed by atoms with Crippen LogP contribution in [0.3, 0.4) is 0 Å². The number of ether oxygens (including phenoxy) is 1. The third-order valence-corrected chi connectivity index (χ3v) is 8.93. The van der Waals surface area contributed by atoms with Crippen molar-refractivity contribution < 1.29 is 9.16 Å². The van der Waals surface area contributed by atoms with Crippen LogP contribution in [0.15, 0.2) is 24.3 Å². The largest absolute Gasteiger partial charge is 0.410 e. The van der Waals surface area contributed by atoms with Crippen molar-refractivity contribution in [1.82, 2.24) is 0 Å². The third kappa shape index (κ3) is 6.07. The zero-order valence-electron chi connectivity index (χ0n) is 15.2. The van der Waals surface area contributed by atoms with Gasteiger partial charge >= 0.3 is 0 Å². The average Bonchev–Trinajstić information content (AvgIpc) is 2.37. The number of methoxy groups -OCH3 is 1. The van der Waals surface area contributed by atoms with Gasteiger partial charge < -0.3 is 14.9 Å². The molecule has 3 atom stereocenters. The molecule has 124 valence electrons. The number of hydrogen-bond acceptors (Lipinski definition) is 3. The summed E-state index contributed by atoms with van der Waals surface area (Å²) in [6.07, 6.45) is 3.87. The molecular formula is C17H35NO2Si. The molecule has 0 unspecified atom stereocenters. The summed E-state index contributed by atoms with van der Waals surface area (Å²) in [4.78, 5) is 0. The molecule has 0 spiro atoms. The van der Waals surface area contributed by atoms with Gasteiger partial charge in [0.15, 0.2) is 8.32 Å². The molecule has 0 heterocycles. The molecular weight excluding hydrogens is 278 g/mol. The van der Waals surface area contributed by atoms with Crippen molar-refractivity contribution in [3.8, 4) is 0 Å². The average molecular weight is 314 g/mol. The number of nitrogens with two attached hydrogens (primary N) is 1. The first-order valence-corrected chi connectivity index (χ1v) is 10.6. The summed E-state index contributed by atoms with van der Waals surface area (Å²) in [7, 11) is -0.167. The number of rotatable bonds is 8. The molecule has 0 aromatic heterocycles. The molecule has 2 N–H and O–H groups in total. The summed E-state index contributed by atoms with van der Waals surface area (Å²) < 4.78 is 12.2. The van der Waals surface area contributed by atoms with Gasteiger partial charge in [-0.3, -0.25) is 0 Å². The highest BCUT2D eigenvalue weighted by atomic mass is 28.4. The molecule has 0 aromatic carbocycles. The van der Waals surface area contributed by atoms with Gasteiger partial charge in [-0.05, 0) is 25.1 Å². The van der Waals surface area contributed by atoms with E-state index in [0.29, 0.717) is 6.54 Å². The second-order valence-electron chi connectivity index (χ2n) is 7.36. The second-order valence-corrected chi connectivity index (χ2v) is 12.1. The van der Waals surface area contributed by atoms with Crippen LogP contribution in [-0.4, -0.2) is 34.2 Å². The van der Waals surface area contributed by atoms with Crippen LogP contribution in [0.25, 0.3) is 0 Å². The lowest BCUT2D eigenvalue weighted by Gasteiger charge is -2.42. The van der Waals surface area contributed by atoms with Gasteiger partial charge in [-0.2, -0.15) is 0 Å². The highest BCUT2D eigenvalue weighted by molar-refractivity contribution is 6.74. The first-order valence-electron chi connectivity index (χ1n) is 7.70. The summed E-state index contributed by atoms with van der Waals surface area (Å²) in [6.45, 7) is 19.9. The Kier molecular flexibility index (Phi) is 8.11. The quantitative estimate of drug-likeness (QED) is 0.541. The van der Waals surface area contributed by atoms with Gasteiger partial charge in [0.25, 0.3) is 0 Å². The molecule has 0 radical (unpaired) electrons. The van der Waals surface area contributed by atoms with E-state index in [9.17, 15) is 0 Å². The summed E-state index contributed by atoms with van der Waals surface area (Å²) in [5, 5.41) is 0.164. The molecule has 0 amide bonds. The van der Waals surface area contributed by atoms with Crippen molar-refractivity contribution in [1.29, 1.82) is 0 Å². The Hall–Kier alpha value is -0.423. The third-order valence-electron chi connectivity index (χ3n) is 4.45. The van der Waals surface area contributed by atoms with E-state index in [1.54, 1.807) is 7.11 Å². The highest BCUT2D eigenvalue weighted by Crippen LogP contribution is 2.39. The lowest BCUT2D eigenvalue weighted by molar-refractivity contribution is 0.00599. The Morgan fingerprint density at radius 2 is 1.86 bits per heavy atom. The van der Waals surface area contributed by atoms with Gasteiger partial charge in [-0.15, -0.1) is 6.58 Å². The first-order chi connectivity index (χ1) is 9.50. The van der Waals surface area contributed by atoms with E-state index in [1.807, 2.05) is 6.08 Å². The van der Waals surface area contributed by atoms with Gasteiger partial charge in [0.2, 0.25) is 0 Å². The minimum absolute atomic E-state index is 0.0325. The predicted octanol–water partition coefficient (Wildman–Crippen LogP) is 4.12. The van der Waals surface area contributed by atoms with Crippen LogP contribution in [-0.2, 0) is 9.16 Å². The summed E-state index contributed by atoms with van der Waals surface area (Å²) in [6, 6.07) is 0. The monoisotopic (exact) mass is 313 g/mol. The van der Waals surface area contributed by atoms with Crippen molar-refractivity contribution in [2.45, 2.75) is 65.0 Å². The Morgan fingerprint density at radius 3 is 2.19 bits per heavy atom. The van der Waals surface area contributed by atoms with E-state index in [1.165, 1.54) is 5.57 Å². The van der Waals surface area contributed by atoms with Crippen LogP contribution in [0.4, 0.5) is 0 Å². The maximum atomic E-state index is 6.61. The van der Waals surface area contributed by atoms with Crippen molar-refractivity contribution in [2.75, 3.05) is 13.7 Å². The van der Waals surface area contributed by atoms with E-state index in [2.05, 4.69) is 60.4 Å². The normalized spacial score (nSPS) is 18.2. The molecule has 0 aliphatic rings. The molecule has 0 aliphatic heterocycles. The van der Waals surface area contributed by atoms with E-state index < -0.39 is 8.32 Å². The minimum Gasteiger partial charge on any atom is -0.410 e. The van der Waals surface area contributed by atoms with Gasteiger partial charge in [0, 0.05) is 19.6 Å². The van der Waals surface area contributed by atoms with Gasteiger partial charge in [0.1, 0.15) is 6.10 Å². The van der Waals surface area contributed by atoms with Gasteiger partial charge in [-0.25, -0.2) is 0 Å². The lowest BCUT2D eigenvalue weighted by Crippen LogP contribution is -2.49. The molecule has 0 saturated heterocycles. The fourth-order valence-electron chi connectivity index (χ4n) is 1.97. The second kappa shape index (κ2) is 8.27. The molecule has 4 heteroatoms. The van der Waals surface area contributed by atoms with Crippen LogP contribution < -0.4 is 5.73 Å². The molecule has 3 nitrogen and oxygen atoms in total. The molecule has 0 aliphatic carbocycles. The van der Waals surface area contributed by atoms with E-state index in [0.717, 1.165) is 0 Å². The van der Waals surface area contributed by atoms with Crippen molar-refractivity contribution in [3.05, 3.63) is 24.3 Å². The number of hydrogen-bond donors (Lipinski definition) is 1. The smallest absolute Gasteiger partial charge is 0.192 e. The van der Waals surface area contributed by atoms with E-state index in [-0.39, 0.29) is 23.2 Å². The lowest BCUT2D eigenvalue weighted by atomic mass is 9.97. The van der Waals surface area contributed by atoms with Crippen LogP contribution in [0.2, 0.25) is 18.1 Å². The maximum Gasteiger partial charge on any atom is 0.192 e. The fraction of sp³-hybridized carbons (Fsp3) is 0.765. The minimum atomic E-state index is -1.88. The SMILES string of the molecule is C=C[C@H](OC)[C@@H](O[Si](C)(C)C(C)(C)C)[C@H](C)/C=C(/C)CN.